The van der Waals surface area contributed by atoms with Gasteiger partial charge in [0.2, 0.25) is 5.82 Å². The van der Waals surface area contributed by atoms with Crippen molar-refractivity contribution in [2.45, 2.75) is 12.8 Å². The molecule has 0 bridgehead atoms. The van der Waals surface area contributed by atoms with Gasteiger partial charge in [0.05, 0.1) is 6.61 Å². The third-order valence-corrected chi connectivity index (χ3v) is 2.94. The Morgan fingerprint density at radius 2 is 2.32 bits per heavy atom. The van der Waals surface area contributed by atoms with E-state index in [1.807, 2.05) is 6.07 Å². The van der Waals surface area contributed by atoms with Gasteiger partial charge in [-0.2, -0.15) is 5.21 Å². The van der Waals surface area contributed by atoms with Crippen LogP contribution in [-0.4, -0.2) is 44.7 Å². The normalized spacial score (nSPS) is 15.5. The van der Waals surface area contributed by atoms with Crippen LogP contribution >= 0.6 is 0 Å². The zero-order valence-corrected chi connectivity index (χ0v) is 10.2. The van der Waals surface area contributed by atoms with Gasteiger partial charge in [0.1, 0.15) is 0 Å². The van der Waals surface area contributed by atoms with Crippen LogP contribution in [0.1, 0.15) is 23.2 Å². The molecule has 0 atom stereocenters. The van der Waals surface area contributed by atoms with Gasteiger partial charge in [0.25, 0.3) is 5.91 Å². The van der Waals surface area contributed by atoms with Crippen molar-refractivity contribution in [3.63, 3.8) is 0 Å². The average Bonchev–Trinajstić information content (AvgIpc) is 3.02. The number of rotatable bonds is 2. The number of tetrazole rings is 1. The predicted molar refractivity (Wildman–Crippen MR) is 65.8 cm³/mol. The predicted octanol–water partition coefficient (Wildman–Crippen LogP) is 1.03. The SMILES string of the molecule is O=C(c1cccc(-c2nn[nH]n2)c1)N1CCCCO1. The molecule has 1 aliphatic rings. The van der Waals surface area contributed by atoms with Crippen LogP contribution in [0.2, 0.25) is 0 Å². The second kappa shape index (κ2) is 5.15. The Morgan fingerprint density at radius 3 is 3.05 bits per heavy atom. The second-order valence-corrected chi connectivity index (χ2v) is 4.26. The molecule has 1 aromatic carbocycles. The molecule has 1 amide bonds. The Labute approximate surface area is 109 Å². The fourth-order valence-corrected chi connectivity index (χ4v) is 1.98. The molecule has 0 spiro atoms. The van der Waals surface area contributed by atoms with Crippen molar-refractivity contribution in [3.05, 3.63) is 29.8 Å². The number of nitrogens with zero attached hydrogens (tertiary/aromatic N) is 4. The molecule has 0 radical (unpaired) electrons. The molecule has 2 aromatic rings. The summed E-state index contributed by atoms with van der Waals surface area (Å²) in [6.45, 7) is 1.22. The smallest absolute Gasteiger partial charge is 0.271 e. The van der Waals surface area contributed by atoms with Crippen LogP contribution in [-0.2, 0) is 4.84 Å². The van der Waals surface area contributed by atoms with E-state index in [0.29, 0.717) is 24.5 Å². The van der Waals surface area contributed by atoms with E-state index in [1.54, 1.807) is 18.2 Å². The summed E-state index contributed by atoms with van der Waals surface area (Å²) in [7, 11) is 0. The third-order valence-electron chi connectivity index (χ3n) is 2.94. The highest BCUT2D eigenvalue weighted by Crippen LogP contribution is 2.17. The Balaban J connectivity index is 1.84. The Bertz CT molecular complexity index is 563. The molecular formula is C12H13N5O2. The Morgan fingerprint density at radius 1 is 1.37 bits per heavy atom. The van der Waals surface area contributed by atoms with E-state index in [-0.39, 0.29) is 5.91 Å². The fourth-order valence-electron chi connectivity index (χ4n) is 1.98. The molecule has 19 heavy (non-hydrogen) atoms. The summed E-state index contributed by atoms with van der Waals surface area (Å²) in [4.78, 5) is 17.6. The number of amides is 1. The van der Waals surface area contributed by atoms with Crippen LogP contribution in [0.4, 0.5) is 0 Å². The molecule has 98 valence electrons. The number of hydroxylamine groups is 2. The number of hydrogen-bond donors (Lipinski definition) is 1. The van der Waals surface area contributed by atoms with Crippen molar-refractivity contribution >= 4 is 5.91 Å². The molecule has 2 heterocycles. The summed E-state index contributed by atoms with van der Waals surface area (Å²) in [5, 5.41) is 15.1. The van der Waals surface area contributed by atoms with E-state index >= 15 is 0 Å². The summed E-state index contributed by atoms with van der Waals surface area (Å²) in [6.07, 6.45) is 1.96. The summed E-state index contributed by atoms with van der Waals surface area (Å²) in [6, 6.07) is 7.12. The minimum Gasteiger partial charge on any atom is -0.271 e. The summed E-state index contributed by atoms with van der Waals surface area (Å²) in [5.41, 5.74) is 1.31. The highest BCUT2D eigenvalue weighted by atomic mass is 16.7. The van der Waals surface area contributed by atoms with E-state index < -0.39 is 0 Å². The number of H-pyrrole nitrogens is 1. The highest BCUT2D eigenvalue weighted by molar-refractivity contribution is 5.94. The van der Waals surface area contributed by atoms with Gasteiger partial charge in [-0.15, -0.1) is 10.2 Å². The topological polar surface area (TPSA) is 84.0 Å². The number of carbonyl (C=O) groups is 1. The fraction of sp³-hybridized carbons (Fsp3) is 0.333. The first-order chi connectivity index (χ1) is 9.34. The van der Waals surface area contributed by atoms with Crippen LogP contribution in [0.3, 0.4) is 0 Å². The lowest BCUT2D eigenvalue weighted by molar-refractivity contribution is -0.144. The Hall–Kier alpha value is -2.28. The van der Waals surface area contributed by atoms with Crippen molar-refractivity contribution in [2.75, 3.05) is 13.2 Å². The number of benzene rings is 1. The molecule has 1 N–H and O–H groups in total. The number of hydrogen-bond acceptors (Lipinski definition) is 5. The first kappa shape index (κ1) is 11.8. The average molecular weight is 259 g/mol. The number of aromatic nitrogens is 4. The van der Waals surface area contributed by atoms with E-state index in [1.165, 1.54) is 5.06 Å². The van der Waals surface area contributed by atoms with Gasteiger partial charge < -0.3 is 0 Å². The first-order valence-electron chi connectivity index (χ1n) is 6.13. The first-order valence-corrected chi connectivity index (χ1v) is 6.13. The van der Waals surface area contributed by atoms with Crippen molar-refractivity contribution in [1.82, 2.24) is 25.7 Å². The van der Waals surface area contributed by atoms with Crippen molar-refractivity contribution in [3.8, 4) is 11.4 Å². The summed E-state index contributed by atoms with van der Waals surface area (Å²) < 4.78 is 0. The van der Waals surface area contributed by atoms with Crippen LogP contribution in [0.15, 0.2) is 24.3 Å². The molecule has 1 saturated heterocycles. The molecule has 0 unspecified atom stereocenters. The van der Waals surface area contributed by atoms with Gasteiger partial charge in [0, 0.05) is 17.7 Å². The summed E-state index contributed by atoms with van der Waals surface area (Å²) in [5.74, 6) is 0.333. The highest BCUT2D eigenvalue weighted by Gasteiger charge is 2.20. The lowest BCUT2D eigenvalue weighted by Crippen LogP contribution is -2.35. The minimum absolute atomic E-state index is 0.134. The molecule has 1 fully saturated rings. The standard InChI is InChI=1S/C12H13N5O2/c18-12(17-6-1-2-7-19-17)10-5-3-4-9(8-10)11-13-15-16-14-11/h3-5,8H,1-2,6-7H2,(H,13,14,15,16). The van der Waals surface area contributed by atoms with Gasteiger partial charge in [-0.05, 0) is 30.2 Å². The van der Waals surface area contributed by atoms with E-state index in [0.717, 1.165) is 18.4 Å². The molecule has 0 saturated carbocycles. The van der Waals surface area contributed by atoms with Gasteiger partial charge in [0.15, 0.2) is 0 Å². The molecular weight excluding hydrogens is 246 g/mol. The number of carbonyl (C=O) groups excluding carboxylic acids is 1. The third kappa shape index (κ3) is 2.45. The van der Waals surface area contributed by atoms with E-state index in [2.05, 4.69) is 20.6 Å². The van der Waals surface area contributed by atoms with Crippen LogP contribution in [0.25, 0.3) is 11.4 Å². The second-order valence-electron chi connectivity index (χ2n) is 4.26. The quantitative estimate of drug-likeness (QED) is 0.870. The van der Waals surface area contributed by atoms with Crippen molar-refractivity contribution in [2.24, 2.45) is 0 Å². The molecule has 1 aliphatic heterocycles. The van der Waals surface area contributed by atoms with Gasteiger partial charge in [-0.25, -0.2) is 5.06 Å². The molecule has 7 heteroatoms. The molecule has 3 rings (SSSR count). The Kier molecular flexibility index (Phi) is 3.20. The van der Waals surface area contributed by atoms with Crippen molar-refractivity contribution < 1.29 is 9.63 Å². The number of nitrogens with one attached hydrogen (secondary N) is 1. The minimum atomic E-state index is -0.134. The van der Waals surface area contributed by atoms with Gasteiger partial charge in [-0.1, -0.05) is 12.1 Å². The van der Waals surface area contributed by atoms with E-state index in [9.17, 15) is 4.79 Å². The maximum atomic E-state index is 12.3. The largest absolute Gasteiger partial charge is 0.277 e. The lowest BCUT2D eigenvalue weighted by atomic mass is 10.1. The van der Waals surface area contributed by atoms with Gasteiger partial charge in [-0.3, -0.25) is 9.63 Å². The zero-order valence-electron chi connectivity index (χ0n) is 10.2. The van der Waals surface area contributed by atoms with Crippen molar-refractivity contribution in [1.29, 1.82) is 0 Å². The maximum Gasteiger partial charge on any atom is 0.277 e. The van der Waals surface area contributed by atoms with Crippen LogP contribution in [0, 0.1) is 0 Å². The summed E-state index contributed by atoms with van der Waals surface area (Å²) >= 11 is 0. The number of aromatic amines is 1. The zero-order chi connectivity index (χ0) is 13.1. The van der Waals surface area contributed by atoms with Crippen LogP contribution in [0.5, 0.6) is 0 Å². The molecule has 1 aromatic heterocycles. The molecule has 0 aliphatic carbocycles. The van der Waals surface area contributed by atoms with Crippen LogP contribution < -0.4 is 0 Å². The van der Waals surface area contributed by atoms with Gasteiger partial charge >= 0.3 is 0 Å². The van der Waals surface area contributed by atoms with E-state index in [4.69, 9.17) is 4.84 Å². The lowest BCUT2D eigenvalue weighted by Gasteiger charge is -2.25. The molecule has 7 nitrogen and oxygen atoms in total. The maximum absolute atomic E-state index is 12.3. The monoisotopic (exact) mass is 259 g/mol.